The number of hydrogen-bond donors (Lipinski definition) is 4. The molecule has 1 unspecified atom stereocenters. The van der Waals surface area contributed by atoms with Crippen molar-refractivity contribution in [2.75, 3.05) is 30.3 Å². The van der Waals surface area contributed by atoms with Gasteiger partial charge in [0.05, 0.1) is 17.6 Å². The van der Waals surface area contributed by atoms with E-state index in [0.717, 1.165) is 0 Å². The Morgan fingerprint density at radius 2 is 1.94 bits per heavy atom. The minimum absolute atomic E-state index is 0.0329. The molecule has 0 amide bonds. The van der Waals surface area contributed by atoms with Crippen molar-refractivity contribution in [1.82, 2.24) is 0 Å². The summed E-state index contributed by atoms with van der Waals surface area (Å²) < 4.78 is 0. The van der Waals surface area contributed by atoms with Crippen molar-refractivity contribution in [2.45, 2.75) is 13.0 Å². The summed E-state index contributed by atoms with van der Waals surface area (Å²) in [5, 5.41) is 34.5. The molecule has 7 heteroatoms. The second-order valence-electron chi connectivity index (χ2n) is 3.77. The summed E-state index contributed by atoms with van der Waals surface area (Å²) in [5.41, 5.74) is 1.12. The Kier molecular flexibility index (Phi) is 5.34. The van der Waals surface area contributed by atoms with Gasteiger partial charge in [-0.1, -0.05) is 0 Å². The molecule has 0 aliphatic rings. The Balaban J connectivity index is 2.85. The van der Waals surface area contributed by atoms with Gasteiger partial charge in [0.1, 0.15) is 0 Å². The van der Waals surface area contributed by atoms with Crippen molar-refractivity contribution in [2.24, 2.45) is 0 Å². The number of nitro benzene ring substituents is 1. The van der Waals surface area contributed by atoms with Crippen molar-refractivity contribution in [3.05, 3.63) is 28.3 Å². The molecule has 0 saturated carbocycles. The predicted molar refractivity (Wildman–Crippen MR) is 68.8 cm³/mol. The molecule has 0 spiro atoms. The monoisotopic (exact) mass is 255 g/mol. The summed E-state index contributed by atoms with van der Waals surface area (Å²) in [7, 11) is 0. The van der Waals surface area contributed by atoms with E-state index in [1.807, 2.05) is 6.92 Å². The maximum Gasteiger partial charge on any atom is 0.273 e. The van der Waals surface area contributed by atoms with E-state index in [4.69, 9.17) is 5.11 Å². The first-order valence-electron chi connectivity index (χ1n) is 5.63. The molecular weight excluding hydrogens is 238 g/mol. The number of rotatable bonds is 7. The molecule has 1 aromatic rings. The number of aliphatic hydroxyl groups is 2. The first kappa shape index (κ1) is 14.2. The van der Waals surface area contributed by atoms with Crippen LogP contribution < -0.4 is 10.6 Å². The molecule has 7 nitrogen and oxygen atoms in total. The van der Waals surface area contributed by atoms with Gasteiger partial charge in [-0.05, 0) is 13.0 Å². The normalized spacial score (nSPS) is 11.9. The van der Waals surface area contributed by atoms with E-state index < -0.39 is 11.0 Å². The van der Waals surface area contributed by atoms with Gasteiger partial charge in [-0.25, -0.2) is 0 Å². The molecule has 18 heavy (non-hydrogen) atoms. The van der Waals surface area contributed by atoms with Gasteiger partial charge in [0.2, 0.25) is 0 Å². The minimum Gasteiger partial charge on any atom is -0.394 e. The Bertz CT molecular complexity index is 411. The molecule has 1 aromatic carbocycles. The SMILES string of the molecule is CCNc1cc(NCC(O)CO)cc([N+](=O)[O-])c1. The van der Waals surface area contributed by atoms with E-state index in [1.165, 1.54) is 12.1 Å². The topological polar surface area (TPSA) is 108 Å². The third kappa shape index (κ3) is 4.19. The molecule has 100 valence electrons. The maximum absolute atomic E-state index is 10.8. The van der Waals surface area contributed by atoms with Crippen LogP contribution in [0.15, 0.2) is 18.2 Å². The zero-order chi connectivity index (χ0) is 13.5. The van der Waals surface area contributed by atoms with Crippen LogP contribution in [-0.4, -0.2) is 40.9 Å². The number of aliphatic hydroxyl groups excluding tert-OH is 2. The number of nitrogens with zero attached hydrogens (tertiary/aromatic N) is 1. The number of nitro groups is 1. The summed E-state index contributed by atoms with van der Waals surface area (Å²) in [6.07, 6.45) is -0.896. The quantitative estimate of drug-likeness (QED) is 0.424. The van der Waals surface area contributed by atoms with Gasteiger partial charge in [-0.15, -0.1) is 0 Å². The molecule has 1 rings (SSSR count). The lowest BCUT2D eigenvalue weighted by Gasteiger charge is -2.12. The van der Waals surface area contributed by atoms with Crippen LogP contribution in [0.1, 0.15) is 6.92 Å². The average Bonchev–Trinajstić information content (AvgIpc) is 2.36. The highest BCUT2D eigenvalue weighted by molar-refractivity contribution is 5.63. The number of non-ortho nitro benzene ring substituents is 1. The molecule has 0 aliphatic heterocycles. The fourth-order valence-electron chi connectivity index (χ4n) is 1.43. The first-order chi connectivity index (χ1) is 8.56. The standard InChI is InChI=1S/C11H17N3O4/c1-2-12-8-3-9(13-6-11(16)7-15)5-10(4-8)14(17)18/h3-5,11-13,15-16H,2,6-7H2,1H3. The second kappa shape index (κ2) is 6.77. The first-order valence-corrected chi connectivity index (χ1v) is 5.63. The van der Waals surface area contributed by atoms with Crippen LogP contribution in [0.2, 0.25) is 0 Å². The maximum atomic E-state index is 10.8. The molecule has 4 N–H and O–H groups in total. The summed E-state index contributed by atoms with van der Waals surface area (Å²) in [4.78, 5) is 10.3. The number of benzene rings is 1. The third-order valence-electron chi connectivity index (χ3n) is 2.26. The molecule has 0 radical (unpaired) electrons. The molecule has 0 heterocycles. The highest BCUT2D eigenvalue weighted by Gasteiger charge is 2.10. The Morgan fingerprint density at radius 3 is 2.44 bits per heavy atom. The van der Waals surface area contributed by atoms with Crippen LogP contribution in [0.5, 0.6) is 0 Å². The average molecular weight is 255 g/mol. The molecule has 0 aromatic heterocycles. The largest absolute Gasteiger partial charge is 0.394 e. The lowest BCUT2D eigenvalue weighted by atomic mass is 10.2. The molecule has 1 atom stereocenters. The van der Waals surface area contributed by atoms with Crippen molar-refractivity contribution in [1.29, 1.82) is 0 Å². The van der Waals surface area contributed by atoms with E-state index in [2.05, 4.69) is 10.6 Å². The van der Waals surface area contributed by atoms with Gasteiger partial charge >= 0.3 is 0 Å². The highest BCUT2D eigenvalue weighted by atomic mass is 16.6. The van der Waals surface area contributed by atoms with Crippen molar-refractivity contribution in [3.8, 4) is 0 Å². The van der Waals surface area contributed by atoms with Crippen LogP contribution in [-0.2, 0) is 0 Å². The molecule has 0 fully saturated rings. The fraction of sp³-hybridized carbons (Fsp3) is 0.455. The van der Waals surface area contributed by atoms with E-state index in [1.54, 1.807) is 6.07 Å². The van der Waals surface area contributed by atoms with Crippen molar-refractivity contribution in [3.63, 3.8) is 0 Å². The summed E-state index contributed by atoms with van der Waals surface area (Å²) in [5.74, 6) is 0. The molecular formula is C11H17N3O4. The predicted octanol–water partition coefficient (Wildman–Crippen LogP) is 0.792. The van der Waals surface area contributed by atoms with Gasteiger partial charge in [-0.2, -0.15) is 0 Å². The second-order valence-corrected chi connectivity index (χ2v) is 3.77. The van der Waals surface area contributed by atoms with Gasteiger partial charge in [0, 0.05) is 36.6 Å². The summed E-state index contributed by atoms with van der Waals surface area (Å²) in [6.45, 7) is 2.31. The van der Waals surface area contributed by atoms with Crippen LogP contribution in [0.3, 0.4) is 0 Å². The number of nitrogens with one attached hydrogen (secondary N) is 2. The number of anilines is 2. The van der Waals surface area contributed by atoms with Crippen LogP contribution in [0.4, 0.5) is 17.1 Å². The zero-order valence-corrected chi connectivity index (χ0v) is 10.1. The third-order valence-corrected chi connectivity index (χ3v) is 2.26. The van der Waals surface area contributed by atoms with Crippen LogP contribution in [0, 0.1) is 10.1 Å². The molecule has 0 saturated heterocycles. The highest BCUT2D eigenvalue weighted by Crippen LogP contribution is 2.24. The lowest BCUT2D eigenvalue weighted by molar-refractivity contribution is -0.384. The summed E-state index contributed by atoms with van der Waals surface area (Å²) in [6, 6.07) is 4.53. The van der Waals surface area contributed by atoms with Gasteiger partial charge in [0.15, 0.2) is 0 Å². The van der Waals surface area contributed by atoms with Crippen LogP contribution >= 0.6 is 0 Å². The van der Waals surface area contributed by atoms with E-state index in [9.17, 15) is 15.2 Å². The van der Waals surface area contributed by atoms with Crippen molar-refractivity contribution >= 4 is 17.1 Å². The smallest absolute Gasteiger partial charge is 0.273 e. The van der Waals surface area contributed by atoms with Gasteiger partial charge in [-0.3, -0.25) is 10.1 Å². The number of hydrogen-bond acceptors (Lipinski definition) is 6. The Hall–Kier alpha value is -1.86. The van der Waals surface area contributed by atoms with Gasteiger partial charge in [0.25, 0.3) is 5.69 Å². The van der Waals surface area contributed by atoms with Crippen LogP contribution in [0.25, 0.3) is 0 Å². The van der Waals surface area contributed by atoms with E-state index in [0.29, 0.717) is 17.9 Å². The van der Waals surface area contributed by atoms with E-state index in [-0.39, 0.29) is 18.8 Å². The minimum atomic E-state index is -0.896. The van der Waals surface area contributed by atoms with Crippen molar-refractivity contribution < 1.29 is 15.1 Å². The summed E-state index contributed by atoms with van der Waals surface area (Å²) >= 11 is 0. The Labute approximate surface area is 105 Å². The van der Waals surface area contributed by atoms with E-state index >= 15 is 0 Å². The lowest BCUT2D eigenvalue weighted by Crippen LogP contribution is -2.23. The molecule has 0 aliphatic carbocycles. The Morgan fingerprint density at radius 1 is 1.33 bits per heavy atom. The molecule has 0 bridgehead atoms. The zero-order valence-electron chi connectivity index (χ0n) is 10.1. The fourth-order valence-corrected chi connectivity index (χ4v) is 1.43. The van der Waals surface area contributed by atoms with Gasteiger partial charge < -0.3 is 20.8 Å².